The molecule has 2 N–H and O–H groups in total. The van der Waals surface area contributed by atoms with Gasteiger partial charge in [0.2, 0.25) is 5.91 Å². The van der Waals surface area contributed by atoms with Gasteiger partial charge in [0.1, 0.15) is 6.17 Å². The largest absolute Gasteiger partial charge is 0.378 e. The molecule has 5 rings (SSSR count). The molecule has 3 aliphatic rings. The molecule has 0 spiro atoms. The van der Waals surface area contributed by atoms with Crippen LogP contribution in [0.1, 0.15) is 48.7 Å². The molecular formula is C26H31N5O2. The SMILES string of the molecule is CCC(=O)N1c2ccccc2[C@H](Nc2ccc(C(=O)N3C=CN4CCNCC43)cc2)C[C@@H]1C. The summed E-state index contributed by atoms with van der Waals surface area (Å²) in [7, 11) is 0. The summed E-state index contributed by atoms with van der Waals surface area (Å²) in [6, 6.07) is 16.1. The Balaban J connectivity index is 1.32. The Bertz CT molecular complexity index is 1070. The van der Waals surface area contributed by atoms with Gasteiger partial charge in [-0.2, -0.15) is 0 Å². The standard InChI is InChI=1S/C26H31N5O2/c1-3-25(32)31-18(2)16-22(21-6-4-5-7-23(21)31)28-20-10-8-19(9-11-20)26(33)30-15-14-29-13-12-27-17-24(29)30/h4-11,14-15,18,22,24,27-28H,3,12-13,16-17H2,1-2H3/t18-,22+,24?/m0/s1. The van der Waals surface area contributed by atoms with Gasteiger partial charge in [-0.25, -0.2) is 0 Å². The smallest absolute Gasteiger partial charge is 0.259 e. The molecule has 1 fully saturated rings. The third kappa shape index (κ3) is 3.97. The first kappa shape index (κ1) is 21.5. The van der Waals surface area contributed by atoms with Gasteiger partial charge in [0.15, 0.2) is 0 Å². The summed E-state index contributed by atoms with van der Waals surface area (Å²) in [6.45, 7) is 6.64. The Morgan fingerprint density at radius 2 is 1.88 bits per heavy atom. The van der Waals surface area contributed by atoms with Crippen LogP contribution < -0.4 is 15.5 Å². The minimum atomic E-state index is 0.0133. The predicted octanol–water partition coefficient (Wildman–Crippen LogP) is 3.53. The summed E-state index contributed by atoms with van der Waals surface area (Å²) < 4.78 is 0. The molecule has 2 aromatic rings. The number of hydrogen-bond acceptors (Lipinski definition) is 5. The summed E-state index contributed by atoms with van der Waals surface area (Å²) >= 11 is 0. The Labute approximate surface area is 195 Å². The van der Waals surface area contributed by atoms with Crippen LogP contribution in [-0.4, -0.2) is 53.5 Å². The lowest BCUT2D eigenvalue weighted by molar-refractivity contribution is -0.118. The second kappa shape index (κ2) is 8.90. The molecule has 1 saturated heterocycles. The normalized spacial score (nSPS) is 23.8. The van der Waals surface area contributed by atoms with Crippen LogP contribution in [0.4, 0.5) is 11.4 Å². The van der Waals surface area contributed by atoms with Gasteiger partial charge in [0.05, 0.1) is 6.04 Å². The van der Waals surface area contributed by atoms with E-state index in [0.29, 0.717) is 12.0 Å². The van der Waals surface area contributed by atoms with Gasteiger partial charge in [-0.15, -0.1) is 0 Å². The van der Waals surface area contributed by atoms with E-state index < -0.39 is 0 Å². The second-order valence-corrected chi connectivity index (χ2v) is 8.97. The molecule has 3 atom stereocenters. The number of benzene rings is 2. The van der Waals surface area contributed by atoms with Crippen molar-refractivity contribution in [2.24, 2.45) is 0 Å². The van der Waals surface area contributed by atoms with E-state index in [1.54, 1.807) is 0 Å². The van der Waals surface area contributed by atoms with Crippen molar-refractivity contribution < 1.29 is 9.59 Å². The van der Waals surface area contributed by atoms with E-state index >= 15 is 0 Å². The Hall–Kier alpha value is -3.32. The number of rotatable bonds is 4. The van der Waals surface area contributed by atoms with Crippen LogP contribution in [-0.2, 0) is 4.79 Å². The third-order valence-corrected chi connectivity index (χ3v) is 6.86. The highest BCUT2D eigenvalue weighted by Crippen LogP contribution is 2.39. The lowest BCUT2D eigenvalue weighted by atomic mass is 9.91. The molecule has 2 aromatic carbocycles. The Morgan fingerprint density at radius 3 is 2.67 bits per heavy atom. The van der Waals surface area contributed by atoms with Crippen molar-refractivity contribution in [3.8, 4) is 0 Å². The van der Waals surface area contributed by atoms with Gasteiger partial charge in [-0.1, -0.05) is 25.1 Å². The number of piperazine rings is 1. The molecule has 3 heterocycles. The van der Waals surface area contributed by atoms with Gasteiger partial charge >= 0.3 is 0 Å². The molecule has 7 nitrogen and oxygen atoms in total. The maximum Gasteiger partial charge on any atom is 0.259 e. The molecule has 0 aliphatic carbocycles. The summed E-state index contributed by atoms with van der Waals surface area (Å²) in [4.78, 5) is 31.6. The van der Waals surface area contributed by atoms with Gasteiger partial charge < -0.3 is 20.4 Å². The topological polar surface area (TPSA) is 67.9 Å². The number of fused-ring (bicyclic) bond motifs is 2. The number of nitrogens with one attached hydrogen (secondary N) is 2. The van der Waals surface area contributed by atoms with Crippen molar-refractivity contribution in [3.63, 3.8) is 0 Å². The van der Waals surface area contributed by atoms with Crippen molar-refractivity contribution in [1.29, 1.82) is 0 Å². The highest BCUT2D eigenvalue weighted by atomic mass is 16.2. The van der Waals surface area contributed by atoms with E-state index in [0.717, 1.165) is 43.0 Å². The van der Waals surface area contributed by atoms with Gasteiger partial charge in [-0.3, -0.25) is 14.5 Å². The molecule has 172 valence electrons. The molecule has 0 aromatic heterocycles. The first-order chi connectivity index (χ1) is 16.1. The van der Waals surface area contributed by atoms with Crippen LogP contribution in [0.2, 0.25) is 0 Å². The summed E-state index contributed by atoms with van der Waals surface area (Å²) in [5.74, 6) is 0.165. The molecule has 0 radical (unpaired) electrons. The Morgan fingerprint density at radius 1 is 1.09 bits per heavy atom. The summed E-state index contributed by atoms with van der Waals surface area (Å²) in [5.41, 5.74) is 3.75. The number of hydrogen-bond donors (Lipinski definition) is 2. The maximum absolute atomic E-state index is 13.1. The van der Waals surface area contributed by atoms with E-state index in [1.165, 1.54) is 0 Å². The molecule has 33 heavy (non-hydrogen) atoms. The van der Waals surface area contributed by atoms with Gasteiger partial charge in [0.25, 0.3) is 5.91 Å². The first-order valence-corrected chi connectivity index (χ1v) is 11.8. The highest BCUT2D eigenvalue weighted by molar-refractivity contribution is 5.96. The van der Waals surface area contributed by atoms with Gasteiger partial charge in [0, 0.05) is 61.4 Å². The molecule has 3 aliphatic heterocycles. The van der Waals surface area contributed by atoms with Crippen LogP contribution in [0.15, 0.2) is 60.9 Å². The average molecular weight is 446 g/mol. The lowest BCUT2D eigenvalue weighted by Crippen LogP contribution is -2.54. The highest BCUT2D eigenvalue weighted by Gasteiger charge is 2.34. The predicted molar refractivity (Wildman–Crippen MR) is 130 cm³/mol. The van der Waals surface area contributed by atoms with Crippen molar-refractivity contribution in [2.45, 2.75) is 44.9 Å². The molecule has 7 heteroatoms. The quantitative estimate of drug-likeness (QED) is 0.754. The van der Waals surface area contributed by atoms with Gasteiger partial charge in [-0.05, 0) is 49.2 Å². The number of carbonyl (C=O) groups excluding carboxylic acids is 2. The lowest BCUT2D eigenvalue weighted by Gasteiger charge is -2.40. The van der Waals surface area contributed by atoms with E-state index in [1.807, 2.05) is 71.6 Å². The summed E-state index contributed by atoms with van der Waals surface area (Å²) in [5, 5.41) is 6.99. The zero-order valence-corrected chi connectivity index (χ0v) is 19.2. The van der Waals surface area contributed by atoms with Crippen molar-refractivity contribution >= 4 is 23.2 Å². The van der Waals surface area contributed by atoms with Crippen LogP contribution in [0.5, 0.6) is 0 Å². The molecule has 0 bridgehead atoms. The first-order valence-electron chi connectivity index (χ1n) is 11.8. The van der Waals surface area contributed by atoms with Crippen LogP contribution in [0, 0.1) is 0 Å². The van der Waals surface area contributed by atoms with Crippen molar-refractivity contribution in [1.82, 2.24) is 15.1 Å². The molecule has 0 saturated carbocycles. The minimum Gasteiger partial charge on any atom is -0.378 e. The minimum absolute atomic E-state index is 0.0133. The van der Waals surface area contributed by atoms with Crippen molar-refractivity contribution in [3.05, 3.63) is 72.1 Å². The zero-order valence-electron chi connectivity index (χ0n) is 19.2. The van der Waals surface area contributed by atoms with Crippen LogP contribution in [0.25, 0.3) is 0 Å². The van der Waals surface area contributed by atoms with E-state index in [-0.39, 0.29) is 30.1 Å². The third-order valence-electron chi connectivity index (χ3n) is 6.86. The zero-order chi connectivity index (χ0) is 22.9. The molecule has 2 amide bonds. The fraction of sp³-hybridized carbons (Fsp3) is 0.385. The van der Waals surface area contributed by atoms with Crippen LogP contribution in [0.3, 0.4) is 0 Å². The molecular weight excluding hydrogens is 414 g/mol. The van der Waals surface area contributed by atoms with E-state index in [4.69, 9.17) is 0 Å². The average Bonchev–Trinajstić information content (AvgIpc) is 3.28. The fourth-order valence-corrected chi connectivity index (χ4v) is 5.16. The second-order valence-electron chi connectivity index (χ2n) is 8.97. The number of anilines is 2. The monoisotopic (exact) mass is 445 g/mol. The number of amides is 2. The van der Waals surface area contributed by atoms with E-state index in [9.17, 15) is 9.59 Å². The van der Waals surface area contributed by atoms with Crippen molar-refractivity contribution in [2.75, 3.05) is 29.9 Å². The summed E-state index contributed by atoms with van der Waals surface area (Å²) in [6.07, 6.45) is 5.27. The molecule has 1 unspecified atom stereocenters. The van der Waals surface area contributed by atoms with Crippen LogP contribution >= 0.6 is 0 Å². The maximum atomic E-state index is 13.1. The number of carbonyl (C=O) groups is 2. The number of nitrogens with zero attached hydrogens (tertiary/aromatic N) is 3. The Kier molecular flexibility index (Phi) is 5.81. The fourth-order valence-electron chi connectivity index (χ4n) is 5.16. The number of para-hydroxylation sites is 1. The van der Waals surface area contributed by atoms with E-state index in [2.05, 4.69) is 28.5 Å².